The Morgan fingerprint density at radius 1 is 1.28 bits per heavy atom. The van der Waals surface area contributed by atoms with E-state index >= 15 is 0 Å². The van der Waals surface area contributed by atoms with E-state index in [2.05, 4.69) is 20.8 Å². The molecule has 5 rings (SSSR count). The van der Waals surface area contributed by atoms with Crippen LogP contribution in [0.3, 0.4) is 0 Å². The van der Waals surface area contributed by atoms with Gasteiger partial charge < -0.3 is 19.9 Å². The third kappa shape index (κ3) is 4.04. The number of benzene rings is 1. The Labute approximate surface area is 185 Å². The quantitative estimate of drug-likeness (QED) is 0.546. The molecule has 0 spiro atoms. The fourth-order valence-electron chi connectivity index (χ4n) is 4.03. The molecule has 2 aromatic heterocycles. The molecule has 166 valence electrons. The lowest BCUT2D eigenvalue weighted by Crippen LogP contribution is -2.28. The summed E-state index contributed by atoms with van der Waals surface area (Å²) in [6.45, 7) is 4.73. The maximum absolute atomic E-state index is 13.1. The predicted molar refractivity (Wildman–Crippen MR) is 119 cm³/mol. The first-order valence-corrected chi connectivity index (χ1v) is 11.1. The van der Waals surface area contributed by atoms with Gasteiger partial charge in [0.2, 0.25) is 5.91 Å². The Bertz CT molecular complexity index is 1200. The number of nitrogens with one attached hydrogen (secondary N) is 2. The first-order chi connectivity index (χ1) is 15.5. The van der Waals surface area contributed by atoms with Gasteiger partial charge in [-0.05, 0) is 55.0 Å². The lowest BCUT2D eigenvalue weighted by Gasteiger charge is -2.17. The molecule has 8 nitrogen and oxygen atoms in total. The van der Waals surface area contributed by atoms with Crippen molar-refractivity contribution in [3.05, 3.63) is 46.8 Å². The zero-order chi connectivity index (χ0) is 22.2. The molecule has 1 aliphatic carbocycles. The second kappa shape index (κ2) is 8.26. The zero-order valence-corrected chi connectivity index (χ0v) is 18.2. The number of aryl methyl sites for hydroxylation is 1. The van der Waals surface area contributed by atoms with Crippen LogP contribution in [-0.4, -0.2) is 35.1 Å². The number of anilines is 1. The van der Waals surface area contributed by atoms with Crippen LogP contribution in [0.4, 0.5) is 5.69 Å². The Morgan fingerprint density at radius 3 is 2.91 bits per heavy atom. The molecule has 3 heterocycles. The van der Waals surface area contributed by atoms with Crippen molar-refractivity contribution >= 4 is 28.6 Å². The lowest BCUT2D eigenvalue weighted by atomic mass is 10.0. The number of hydrogen-bond acceptors (Lipinski definition) is 6. The van der Waals surface area contributed by atoms with E-state index in [1.54, 1.807) is 0 Å². The van der Waals surface area contributed by atoms with E-state index in [-0.39, 0.29) is 17.7 Å². The molecule has 2 N–H and O–H groups in total. The van der Waals surface area contributed by atoms with Crippen LogP contribution in [-0.2, 0) is 11.2 Å². The number of nitrogens with zero attached hydrogens (tertiary/aromatic N) is 2. The van der Waals surface area contributed by atoms with Crippen LogP contribution in [0.15, 0.2) is 28.8 Å². The van der Waals surface area contributed by atoms with Crippen LogP contribution in [0, 0.1) is 0 Å². The van der Waals surface area contributed by atoms with E-state index < -0.39 is 0 Å². The molecule has 2 aliphatic rings. The van der Waals surface area contributed by atoms with Gasteiger partial charge >= 0.3 is 0 Å². The molecule has 0 saturated heterocycles. The third-order valence-corrected chi connectivity index (χ3v) is 5.91. The number of aromatic nitrogens is 2. The number of ether oxygens (including phenoxy) is 1. The van der Waals surface area contributed by atoms with Crippen LogP contribution in [0.2, 0.25) is 0 Å². The largest absolute Gasteiger partial charge is 0.492 e. The average molecular weight is 434 g/mol. The summed E-state index contributed by atoms with van der Waals surface area (Å²) in [4.78, 5) is 29.1. The summed E-state index contributed by atoms with van der Waals surface area (Å²) in [7, 11) is 0. The van der Waals surface area contributed by atoms with Gasteiger partial charge in [0.25, 0.3) is 11.6 Å². The summed E-state index contributed by atoms with van der Waals surface area (Å²) in [6.07, 6.45) is 3.36. The Hall–Kier alpha value is -3.42. The molecule has 0 atom stereocenters. The fraction of sp³-hybridized carbons (Fsp3) is 0.417. The minimum absolute atomic E-state index is 0.0393. The maximum atomic E-state index is 13.1. The number of carbonyl (C=O) groups is 2. The molecule has 32 heavy (non-hydrogen) atoms. The third-order valence-electron chi connectivity index (χ3n) is 5.91. The molecular weight excluding hydrogens is 408 g/mol. The molecule has 1 fully saturated rings. The van der Waals surface area contributed by atoms with E-state index in [1.807, 2.05) is 38.1 Å². The second-order valence-electron chi connectivity index (χ2n) is 8.74. The number of carbonyl (C=O) groups excluding carboxylic acids is 2. The first-order valence-electron chi connectivity index (χ1n) is 11.1. The van der Waals surface area contributed by atoms with Gasteiger partial charge in [-0.3, -0.25) is 9.59 Å². The molecule has 8 heteroatoms. The number of amides is 2. The van der Waals surface area contributed by atoms with Gasteiger partial charge in [0, 0.05) is 23.7 Å². The van der Waals surface area contributed by atoms with Gasteiger partial charge in [-0.15, -0.1) is 0 Å². The summed E-state index contributed by atoms with van der Waals surface area (Å²) in [5.74, 6) is 1.10. The Morgan fingerprint density at radius 2 is 2.12 bits per heavy atom. The van der Waals surface area contributed by atoms with Crippen LogP contribution in [0.25, 0.3) is 11.1 Å². The monoisotopic (exact) mass is 434 g/mol. The molecule has 1 aromatic carbocycles. The van der Waals surface area contributed by atoms with Gasteiger partial charge in [-0.2, -0.15) is 0 Å². The Kier molecular flexibility index (Phi) is 5.28. The summed E-state index contributed by atoms with van der Waals surface area (Å²) < 4.78 is 11.3. The van der Waals surface area contributed by atoms with Crippen LogP contribution < -0.4 is 15.4 Å². The molecule has 0 bridgehead atoms. The van der Waals surface area contributed by atoms with Crippen LogP contribution in [0.1, 0.15) is 72.3 Å². The van der Waals surface area contributed by atoms with Gasteiger partial charge in [0.15, 0.2) is 0 Å². The van der Waals surface area contributed by atoms with E-state index in [0.717, 1.165) is 41.2 Å². The molecule has 0 unspecified atom stereocenters. The van der Waals surface area contributed by atoms with Crippen molar-refractivity contribution in [3.63, 3.8) is 0 Å². The van der Waals surface area contributed by atoms with E-state index in [0.29, 0.717) is 48.6 Å². The van der Waals surface area contributed by atoms with Crippen molar-refractivity contribution in [2.75, 3.05) is 18.5 Å². The highest BCUT2D eigenvalue weighted by Crippen LogP contribution is 2.41. The van der Waals surface area contributed by atoms with E-state index in [9.17, 15) is 9.59 Å². The summed E-state index contributed by atoms with van der Waals surface area (Å²) >= 11 is 0. The number of pyridine rings is 1. The highest BCUT2D eigenvalue weighted by molar-refractivity contribution is 6.06. The number of fused-ring (bicyclic) bond motifs is 2. The predicted octanol–water partition coefficient (Wildman–Crippen LogP) is 3.92. The lowest BCUT2D eigenvalue weighted by molar-refractivity contribution is -0.116. The summed E-state index contributed by atoms with van der Waals surface area (Å²) in [5, 5.41) is 10.7. The fourth-order valence-corrected chi connectivity index (χ4v) is 4.03. The van der Waals surface area contributed by atoms with Gasteiger partial charge in [-0.25, -0.2) is 4.98 Å². The number of hydrogen-bond donors (Lipinski definition) is 2. The Balaban J connectivity index is 1.26. The number of rotatable bonds is 7. The second-order valence-corrected chi connectivity index (χ2v) is 8.74. The van der Waals surface area contributed by atoms with Crippen molar-refractivity contribution in [2.24, 2.45) is 0 Å². The normalized spacial score (nSPS) is 15.5. The van der Waals surface area contributed by atoms with Crippen molar-refractivity contribution < 1.29 is 18.8 Å². The van der Waals surface area contributed by atoms with Crippen molar-refractivity contribution in [3.8, 4) is 5.75 Å². The molecule has 0 radical (unpaired) electrons. The summed E-state index contributed by atoms with van der Waals surface area (Å²) in [6, 6.07) is 7.51. The molecule has 3 aromatic rings. The minimum Gasteiger partial charge on any atom is -0.492 e. The molecule has 2 amide bonds. The first kappa shape index (κ1) is 20.5. The topological polar surface area (TPSA) is 106 Å². The van der Waals surface area contributed by atoms with Crippen LogP contribution in [0.5, 0.6) is 5.75 Å². The average Bonchev–Trinajstić information content (AvgIpc) is 3.54. The van der Waals surface area contributed by atoms with Gasteiger partial charge in [-0.1, -0.05) is 19.0 Å². The van der Waals surface area contributed by atoms with Gasteiger partial charge in [0.1, 0.15) is 12.4 Å². The minimum atomic E-state index is -0.179. The van der Waals surface area contributed by atoms with E-state index in [1.165, 1.54) is 0 Å². The molecule has 1 saturated carbocycles. The van der Waals surface area contributed by atoms with Crippen LogP contribution >= 0.6 is 0 Å². The van der Waals surface area contributed by atoms with E-state index in [4.69, 9.17) is 9.26 Å². The smallest absolute Gasteiger partial charge is 0.259 e. The summed E-state index contributed by atoms with van der Waals surface area (Å²) in [5.41, 5.74) is 4.53. The van der Waals surface area contributed by atoms with Crippen molar-refractivity contribution in [2.45, 2.75) is 51.4 Å². The highest BCUT2D eigenvalue weighted by Gasteiger charge is 2.29. The molecule has 1 aliphatic heterocycles. The van der Waals surface area contributed by atoms with Crippen molar-refractivity contribution in [1.82, 2.24) is 15.5 Å². The van der Waals surface area contributed by atoms with Gasteiger partial charge in [0.05, 0.1) is 23.2 Å². The maximum Gasteiger partial charge on any atom is 0.259 e. The standard InChI is InChI=1S/C24H26N4O4/c1-13(2)22-21-17(12-19(14-3-4-14)27-24(21)32-28-22)23(30)25-9-10-31-16-6-7-18-15(11-16)5-8-20(29)26-18/h6-7,11-14H,3-5,8-10H2,1-2H3,(H,25,30)(H,26,29). The van der Waals surface area contributed by atoms with Crippen molar-refractivity contribution in [1.29, 1.82) is 0 Å². The molecular formula is C24H26N4O4. The zero-order valence-electron chi connectivity index (χ0n) is 18.2. The highest BCUT2D eigenvalue weighted by atomic mass is 16.5. The SMILES string of the molecule is CC(C)c1noc2nc(C3CC3)cc(C(=O)NCCOc3ccc4c(c3)CCC(=O)N4)c12.